The van der Waals surface area contributed by atoms with Crippen molar-refractivity contribution in [2.45, 2.75) is 13.3 Å². The van der Waals surface area contributed by atoms with E-state index in [2.05, 4.69) is 43.3 Å². The minimum Gasteiger partial charge on any atom is -0.493 e. The van der Waals surface area contributed by atoms with Gasteiger partial charge in [-0.2, -0.15) is 5.10 Å². The van der Waals surface area contributed by atoms with Crippen LogP contribution in [0.1, 0.15) is 16.1 Å². The van der Waals surface area contributed by atoms with E-state index in [0.29, 0.717) is 34.9 Å². The Balaban J connectivity index is 1.54. The van der Waals surface area contributed by atoms with Crippen LogP contribution in [-0.2, 0) is 11.2 Å². The second kappa shape index (κ2) is 11.6. The predicted molar refractivity (Wildman–Crippen MR) is 132 cm³/mol. The fraction of sp³-hybridized carbons (Fsp3) is 0.238. The Morgan fingerprint density at radius 3 is 2.78 bits per heavy atom. The first-order valence-corrected chi connectivity index (χ1v) is 11.4. The molecule has 3 aromatic rings. The van der Waals surface area contributed by atoms with Crippen molar-refractivity contribution in [1.29, 1.82) is 0 Å². The highest BCUT2D eigenvalue weighted by atomic mass is 127. The lowest BCUT2D eigenvalue weighted by molar-refractivity contribution is -0.120. The summed E-state index contributed by atoms with van der Waals surface area (Å²) in [5, 5.41) is 12.3. The van der Waals surface area contributed by atoms with Crippen LogP contribution in [0.5, 0.6) is 17.2 Å². The van der Waals surface area contributed by atoms with E-state index in [1.54, 1.807) is 13.2 Å². The van der Waals surface area contributed by atoms with Gasteiger partial charge in [0.05, 0.1) is 23.3 Å². The Kier molecular flexibility index (Phi) is 8.62. The zero-order valence-electron chi connectivity index (χ0n) is 17.5. The molecule has 0 saturated carbocycles. The molecule has 0 bridgehead atoms. The van der Waals surface area contributed by atoms with Gasteiger partial charge < -0.3 is 19.9 Å². The Morgan fingerprint density at radius 2 is 2.06 bits per heavy atom. The molecule has 11 heteroatoms. The number of nitrogens with one attached hydrogen (secondary N) is 1. The lowest BCUT2D eigenvalue weighted by atomic mass is 10.2. The molecule has 2 aromatic carbocycles. The molecule has 0 aliphatic heterocycles. The molecule has 0 fully saturated rings. The number of halogens is 1. The van der Waals surface area contributed by atoms with Crippen LogP contribution >= 0.6 is 33.9 Å². The van der Waals surface area contributed by atoms with Gasteiger partial charge in [-0.1, -0.05) is 23.5 Å². The van der Waals surface area contributed by atoms with Crippen molar-refractivity contribution < 1.29 is 19.0 Å². The van der Waals surface area contributed by atoms with Crippen molar-refractivity contribution in [2.75, 3.05) is 26.1 Å². The molecule has 0 aliphatic rings. The van der Waals surface area contributed by atoms with Crippen LogP contribution in [0.15, 0.2) is 41.5 Å². The zero-order chi connectivity index (χ0) is 22.9. The summed E-state index contributed by atoms with van der Waals surface area (Å²) in [6.45, 7) is 2.78. The molecule has 1 heterocycles. The number of nitrogens with zero attached hydrogens (tertiary/aromatic N) is 3. The summed E-state index contributed by atoms with van der Waals surface area (Å²) in [7, 11) is 1.57. The first-order chi connectivity index (χ1) is 15.4. The first-order valence-electron chi connectivity index (χ1n) is 9.54. The van der Waals surface area contributed by atoms with E-state index in [0.717, 1.165) is 31.8 Å². The summed E-state index contributed by atoms with van der Waals surface area (Å²) in [5.74, 6) is 1.67. The lowest BCUT2D eigenvalue weighted by Gasteiger charge is -2.14. The van der Waals surface area contributed by atoms with Crippen molar-refractivity contribution in [1.82, 2.24) is 15.6 Å². The van der Waals surface area contributed by atoms with E-state index in [1.807, 2.05) is 37.3 Å². The fourth-order valence-corrected chi connectivity index (χ4v) is 4.05. The predicted octanol–water partition coefficient (Wildman–Crippen LogP) is 3.19. The number of nitrogen functional groups attached to an aromatic ring is 1. The van der Waals surface area contributed by atoms with Crippen molar-refractivity contribution in [2.24, 2.45) is 5.10 Å². The maximum absolute atomic E-state index is 11.9. The first kappa shape index (κ1) is 23.7. The van der Waals surface area contributed by atoms with E-state index >= 15 is 0 Å². The van der Waals surface area contributed by atoms with E-state index in [1.165, 1.54) is 6.21 Å². The van der Waals surface area contributed by atoms with Crippen LogP contribution in [-0.4, -0.2) is 42.6 Å². The van der Waals surface area contributed by atoms with Gasteiger partial charge in [0.2, 0.25) is 11.0 Å². The fourth-order valence-electron chi connectivity index (χ4n) is 2.66. The number of nitrogens with two attached hydrogens (primary N) is 1. The number of benzene rings is 2. The number of hydrogen-bond acceptors (Lipinski definition) is 9. The SMILES string of the molecule is COc1cc(C=NNC(=O)Cc2nnc(N)s2)cc(I)c1OCCOc1cccc(C)c1. The van der Waals surface area contributed by atoms with E-state index in [-0.39, 0.29) is 12.3 Å². The summed E-state index contributed by atoms with van der Waals surface area (Å²) in [4.78, 5) is 11.9. The van der Waals surface area contributed by atoms with Crippen molar-refractivity contribution in [3.8, 4) is 17.2 Å². The normalized spacial score (nSPS) is 10.8. The number of methoxy groups -OCH3 is 1. The smallest absolute Gasteiger partial charge is 0.247 e. The zero-order valence-corrected chi connectivity index (χ0v) is 20.5. The molecular formula is C21H22IN5O4S. The number of aryl methyl sites for hydroxylation is 1. The molecule has 32 heavy (non-hydrogen) atoms. The van der Waals surface area contributed by atoms with Gasteiger partial charge in [0.1, 0.15) is 24.0 Å². The third-order valence-electron chi connectivity index (χ3n) is 4.04. The van der Waals surface area contributed by atoms with Crippen molar-refractivity contribution >= 4 is 51.2 Å². The van der Waals surface area contributed by atoms with Gasteiger partial charge in [-0.25, -0.2) is 5.43 Å². The number of ether oxygens (including phenoxy) is 3. The quantitative estimate of drug-likeness (QED) is 0.167. The third kappa shape index (κ3) is 7.05. The lowest BCUT2D eigenvalue weighted by Crippen LogP contribution is -2.19. The van der Waals surface area contributed by atoms with Crippen LogP contribution in [0.3, 0.4) is 0 Å². The number of aromatic nitrogens is 2. The van der Waals surface area contributed by atoms with Crippen molar-refractivity contribution in [3.63, 3.8) is 0 Å². The number of hydrazone groups is 1. The highest BCUT2D eigenvalue weighted by molar-refractivity contribution is 14.1. The van der Waals surface area contributed by atoms with Gasteiger partial charge in [-0.05, 0) is 64.9 Å². The summed E-state index contributed by atoms with van der Waals surface area (Å²) in [6, 6.07) is 11.5. The average molecular weight is 567 g/mol. The molecular weight excluding hydrogens is 545 g/mol. The summed E-state index contributed by atoms with van der Waals surface area (Å²) < 4.78 is 17.9. The maximum atomic E-state index is 11.9. The Morgan fingerprint density at radius 1 is 1.25 bits per heavy atom. The molecule has 0 radical (unpaired) electrons. The van der Waals surface area contributed by atoms with E-state index < -0.39 is 0 Å². The molecule has 168 valence electrons. The van der Waals surface area contributed by atoms with E-state index in [9.17, 15) is 4.79 Å². The summed E-state index contributed by atoms with van der Waals surface area (Å²) >= 11 is 3.33. The monoisotopic (exact) mass is 567 g/mol. The van der Waals surface area contributed by atoms with Crippen LogP contribution in [0.25, 0.3) is 0 Å². The third-order valence-corrected chi connectivity index (χ3v) is 5.59. The highest BCUT2D eigenvalue weighted by Crippen LogP contribution is 2.33. The van der Waals surface area contributed by atoms with Crippen LogP contribution in [0.2, 0.25) is 0 Å². The van der Waals surface area contributed by atoms with Gasteiger partial charge in [0, 0.05) is 0 Å². The highest BCUT2D eigenvalue weighted by Gasteiger charge is 2.12. The molecule has 0 spiro atoms. The van der Waals surface area contributed by atoms with Gasteiger partial charge in [-0.3, -0.25) is 4.79 Å². The van der Waals surface area contributed by atoms with Crippen LogP contribution < -0.4 is 25.4 Å². The van der Waals surface area contributed by atoms with Gasteiger partial charge in [-0.15, -0.1) is 10.2 Å². The molecule has 0 saturated heterocycles. The summed E-state index contributed by atoms with van der Waals surface area (Å²) in [6.07, 6.45) is 1.59. The molecule has 0 unspecified atom stereocenters. The Hall–Kier alpha value is -2.93. The number of carbonyl (C=O) groups excluding carboxylic acids is 1. The van der Waals surface area contributed by atoms with Crippen LogP contribution in [0.4, 0.5) is 5.13 Å². The number of hydrogen-bond donors (Lipinski definition) is 2. The minimum atomic E-state index is -0.312. The largest absolute Gasteiger partial charge is 0.493 e. The second-order valence-corrected chi connectivity index (χ2v) is 8.81. The number of rotatable bonds is 10. The van der Waals surface area contributed by atoms with Gasteiger partial charge >= 0.3 is 0 Å². The molecule has 9 nitrogen and oxygen atoms in total. The van der Waals surface area contributed by atoms with Gasteiger partial charge in [0.25, 0.3) is 0 Å². The molecule has 0 aliphatic carbocycles. The average Bonchev–Trinajstić information content (AvgIpc) is 3.16. The minimum absolute atomic E-state index is 0.0600. The molecule has 1 amide bonds. The topological polar surface area (TPSA) is 121 Å². The Bertz CT molecular complexity index is 1110. The van der Waals surface area contributed by atoms with Crippen molar-refractivity contribution in [3.05, 3.63) is 56.1 Å². The number of amides is 1. The molecule has 0 atom stereocenters. The standard InChI is InChI=1S/C21H22IN5O4S/c1-13-4-3-5-15(8-13)30-6-7-31-20-16(22)9-14(10-17(20)29-2)12-24-25-18(28)11-19-26-27-21(23)32-19/h3-5,8-10,12H,6-7,11H2,1-2H3,(H2,23,27)(H,25,28). The molecule has 3 rings (SSSR count). The number of carbonyl (C=O) groups is 1. The van der Waals surface area contributed by atoms with E-state index in [4.69, 9.17) is 19.9 Å². The molecule has 1 aromatic heterocycles. The molecule has 3 N–H and O–H groups in total. The van der Waals surface area contributed by atoms with Crippen LogP contribution in [0, 0.1) is 10.5 Å². The van der Waals surface area contributed by atoms with Gasteiger partial charge in [0.15, 0.2) is 11.5 Å². The Labute approximate surface area is 203 Å². The summed E-state index contributed by atoms with van der Waals surface area (Å²) in [5.41, 5.74) is 9.85. The number of anilines is 1. The maximum Gasteiger partial charge on any atom is 0.247 e. The second-order valence-electron chi connectivity index (χ2n) is 6.55.